The van der Waals surface area contributed by atoms with Crippen LogP contribution in [0, 0.1) is 0 Å². The zero-order valence-electron chi connectivity index (χ0n) is 12.0. The first kappa shape index (κ1) is 14.0. The Morgan fingerprint density at radius 2 is 2.20 bits per heavy atom. The molecule has 2 N–H and O–H groups in total. The minimum atomic E-state index is -0.369. The molecule has 1 aromatic heterocycles. The molecule has 6 nitrogen and oxygen atoms in total. The van der Waals surface area contributed by atoms with Crippen molar-refractivity contribution in [2.24, 2.45) is 0 Å². The summed E-state index contributed by atoms with van der Waals surface area (Å²) in [5.74, 6) is 1.25. The Bertz CT molecular complexity index is 437. The van der Waals surface area contributed by atoms with E-state index in [0.29, 0.717) is 31.3 Å². The molecule has 20 heavy (non-hydrogen) atoms. The van der Waals surface area contributed by atoms with E-state index >= 15 is 0 Å². The summed E-state index contributed by atoms with van der Waals surface area (Å²) in [7, 11) is 0. The lowest BCUT2D eigenvalue weighted by atomic mass is 9.84. The van der Waals surface area contributed by atoms with Crippen LogP contribution in [0.5, 0.6) is 0 Å². The predicted molar refractivity (Wildman–Crippen MR) is 72.1 cm³/mol. The maximum Gasteiger partial charge on any atom is 0.243 e. The van der Waals surface area contributed by atoms with Crippen molar-refractivity contribution in [3.05, 3.63) is 11.7 Å². The zero-order valence-corrected chi connectivity index (χ0v) is 12.0. The van der Waals surface area contributed by atoms with Crippen LogP contribution in [0.3, 0.4) is 0 Å². The molecule has 1 aliphatic carbocycles. The van der Waals surface area contributed by atoms with E-state index in [9.17, 15) is 5.11 Å². The molecule has 2 fully saturated rings. The average molecular weight is 281 g/mol. The first-order chi connectivity index (χ1) is 9.73. The van der Waals surface area contributed by atoms with Gasteiger partial charge in [0.1, 0.15) is 5.60 Å². The fraction of sp³-hybridized carbons (Fsp3) is 0.857. The normalized spacial score (nSPS) is 29.7. The lowest BCUT2D eigenvalue weighted by Crippen LogP contribution is -2.33. The van der Waals surface area contributed by atoms with Crippen LogP contribution in [0.4, 0.5) is 0 Å². The molecular weight excluding hydrogens is 258 g/mol. The number of aliphatic hydroxyl groups excluding tert-OH is 1. The molecule has 0 radical (unpaired) electrons. The maximum absolute atomic E-state index is 9.57. The van der Waals surface area contributed by atoms with E-state index in [4.69, 9.17) is 9.26 Å². The van der Waals surface area contributed by atoms with Gasteiger partial charge in [-0.3, -0.25) is 0 Å². The Hall–Kier alpha value is -0.980. The van der Waals surface area contributed by atoms with Gasteiger partial charge >= 0.3 is 0 Å². The standard InChI is InChI=1S/C14H23N3O3/c1-2-19-14(6-4-3-5-7-14)13-16-12(20-17-13)11-8-10(18)9-15-11/h10-11,15,18H,2-9H2,1H3/t10-,11+/m0/s1. The van der Waals surface area contributed by atoms with Gasteiger partial charge < -0.3 is 19.7 Å². The smallest absolute Gasteiger partial charge is 0.243 e. The second kappa shape index (κ2) is 5.79. The number of aliphatic hydroxyl groups is 1. The van der Waals surface area contributed by atoms with Crippen LogP contribution in [-0.4, -0.2) is 34.5 Å². The minimum absolute atomic E-state index is 0.0338. The highest BCUT2D eigenvalue weighted by atomic mass is 16.5. The van der Waals surface area contributed by atoms with Gasteiger partial charge in [-0.1, -0.05) is 24.4 Å². The lowest BCUT2D eigenvalue weighted by molar-refractivity contribution is -0.0777. The highest BCUT2D eigenvalue weighted by Crippen LogP contribution is 2.39. The molecule has 112 valence electrons. The highest BCUT2D eigenvalue weighted by molar-refractivity contribution is 5.06. The van der Waals surface area contributed by atoms with Crippen molar-refractivity contribution in [3.8, 4) is 0 Å². The SMILES string of the molecule is CCOC1(c2noc([C@H]3C[C@H](O)CN3)n2)CCCCC1. The topological polar surface area (TPSA) is 80.4 Å². The number of hydrogen-bond acceptors (Lipinski definition) is 6. The Kier molecular flexibility index (Phi) is 4.05. The van der Waals surface area contributed by atoms with Gasteiger partial charge in [0.15, 0.2) is 0 Å². The molecule has 1 saturated carbocycles. The molecule has 3 rings (SSSR count). The average Bonchev–Trinajstić information content (AvgIpc) is 3.09. The molecule has 1 aliphatic heterocycles. The third-order valence-corrected chi connectivity index (χ3v) is 4.34. The van der Waals surface area contributed by atoms with Crippen LogP contribution >= 0.6 is 0 Å². The number of aromatic nitrogens is 2. The summed E-state index contributed by atoms with van der Waals surface area (Å²) in [6, 6.07) is -0.0338. The van der Waals surface area contributed by atoms with Gasteiger partial charge in [0, 0.05) is 13.2 Å². The van der Waals surface area contributed by atoms with Crippen LogP contribution in [-0.2, 0) is 10.3 Å². The predicted octanol–water partition coefficient (Wildman–Crippen LogP) is 1.66. The monoisotopic (exact) mass is 281 g/mol. The Balaban J connectivity index is 1.79. The molecule has 0 amide bonds. The Morgan fingerprint density at radius 3 is 2.85 bits per heavy atom. The van der Waals surface area contributed by atoms with E-state index in [1.807, 2.05) is 6.92 Å². The van der Waals surface area contributed by atoms with Crippen LogP contribution in [0.25, 0.3) is 0 Å². The number of hydrogen-bond donors (Lipinski definition) is 2. The largest absolute Gasteiger partial charge is 0.392 e. The number of nitrogens with zero attached hydrogens (tertiary/aromatic N) is 2. The van der Waals surface area contributed by atoms with Gasteiger partial charge in [0.25, 0.3) is 0 Å². The summed E-state index contributed by atoms with van der Waals surface area (Å²) in [5.41, 5.74) is -0.369. The summed E-state index contributed by atoms with van der Waals surface area (Å²) in [6.45, 7) is 3.25. The molecule has 2 heterocycles. The second-order valence-corrected chi connectivity index (χ2v) is 5.79. The first-order valence-corrected chi connectivity index (χ1v) is 7.63. The van der Waals surface area contributed by atoms with Crippen molar-refractivity contribution in [2.45, 2.75) is 63.2 Å². The van der Waals surface area contributed by atoms with E-state index in [-0.39, 0.29) is 17.7 Å². The van der Waals surface area contributed by atoms with Gasteiger partial charge in [-0.2, -0.15) is 4.98 Å². The minimum Gasteiger partial charge on any atom is -0.392 e. The molecule has 2 aliphatic rings. The molecule has 2 atom stereocenters. The summed E-state index contributed by atoms with van der Waals surface area (Å²) in [4.78, 5) is 4.56. The quantitative estimate of drug-likeness (QED) is 0.873. The third-order valence-electron chi connectivity index (χ3n) is 4.34. The van der Waals surface area contributed by atoms with Crippen LogP contribution in [0.1, 0.15) is 63.2 Å². The molecule has 6 heteroatoms. The fourth-order valence-corrected chi connectivity index (χ4v) is 3.30. The van der Waals surface area contributed by atoms with Gasteiger partial charge in [-0.15, -0.1) is 0 Å². The number of rotatable bonds is 4. The second-order valence-electron chi connectivity index (χ2n) is 5.79. The zero-order chi connectivity index (χ0) is 14.0. The summed E-state index contributed by atoms with van der Waals surface area (Å²) in [5, 5.41) is 16.9. The molecule has 1 aromatic rings. The molecule has 1 saturated heterocycles. The van der Waals surface area contributed by atoms with Crippen molar-refractivity contribution in [1.82, 2.24) is 15.5 Å². The fourth-order valence-electron chi connectivity index (χ4n) is 3.30. The van der Waals surface area contributed by atoms with E-state index in [1.54, 1.807) is 0 Å². The molecule has 0 spiro atoms. The van der Waals surface area contributed by atoms with E-state index in [1.165, 1.54) is 6.42 Å². The number of nitrogens with one attached hydrogen (secondary N) is 1. The highest BCUT2D eigenvalue weighted by Gasteiger charge is 2.40. The van der Waals surface area contributed by atoms with Gasteiger partial charge in [-0.25, -0.2) is 0 Å². The van der Waals surface area contributed by atoms with Crippen LogP contribution in [0.15, 0.2) is 4.52 Å². The summed E-state index contributed by atoms with van der Waals surface area (Å²) in [6.07, 6.45) is 5.75. The third kappa shape index (κ3) is 2.60. The number of ether oxygens (including phenoxy) is 1. The van der Waals surface area contributed by atoms with Gasteiger partial charge in [0.05, 0.1) is 12.1 Å². The van der Waals surface area contributed by atoms with Crippen molar-refractivity contribution >= 4 is 0 Å². The molecule has 0 unspecified atom stereocenters. The Morgan fingerprint density at radius 1 is 1.40 bits per heavy atom. The molecular formula is C14H23N3O3. The van der Waals surface area contributed by atoms with Crippen LogP contribution < -0.4 is 5.32 Å². The van der Waals surface area contributed by atoms with Crippen molar-refractivity contribution in [3.63, 3.8) is 0 Å². The number of β-amino-alcohol motifs (C(OH)–C–C–N with tert-alkyl or cyclic N) is 1. The van der Waals surface area contributed by atoms with Crippen molar-refractivity contribution < 1.29 is 14.4 Å². The Labute approximate surface area is 118 Å². The van der Waals surface area contributed by atoms with Crippen molar-refractivity contribution in [2.75, 3.05) is 13.2 Å². The maximum atomic E-state index is 9.57. The summed E-state index contributed by atoms with van der Waals surface area (Å²) >= 11 is 0. The van der Waals surface area contributed by atoms with E-state index in [0.717, 1.165) is 25.7 Å². The molecule has 0 bridgehead atoms. The van der Waals surface area contributed by atoms with E-state index in [2.05, 4.69) is 15.5 Å². The summed E-state index contributed by atoms with van der Waals surface area (Å²) < 4.78 is 11.4. The van der Waals surface area contributed by atoms with E-state index < -0.39 is 0 Å². The lowest BCUT2D eigenvalue weighted by Gasteiger charge is -2.33. The van der Waals surface area contributed by atoms with Crippen molar-refractivity contribution in [1.29, 1.82) is 0 Å². The van der Waals surface area contributed by atoms with Gasteiger partial charge in [-0.05, 0) is 26.2 Å². The van der Waals surface area contributed by atoms with Gasteiger partial charge in [0.2, 0.25) is 11.7 Å². The molecule has 0 aromatic carbocycles. The van der Waals surface area contributed by atoms with Crippen LogP contribution in [0.2, 0.25) is 0 Å². The first-order valence-electron chi connectivity index (χ1n) is 7.63.